The van der Waals surface area contributed by atoms with E-state index in [0.29, 0.717) is 0 Å². The van der Waals surface area contributed by atoms with Crippen LogP contribution in [0, 0.1) is 10.1 Å². The van der Waals surface area contributed by atoms with Crippen LogP contribution in [0.3, 0.4) is 0 Å². The predicted molar refractivity (Wildman–Crippen MR) is 72.8 cm³/mol. The summed E-state index contributed by atoms with van der Waals surface area (Å²) < 4.78 is 10.0. The average molecular weight is 303 g/mol. The zero-order valence-corrected chi connectivity index (χ0v) is 12.0. The van der Waals surface area contributed by atoms with Crippen molar-refractivity contribution < 1.29 is 19.2 Å². The molecule has 0 saturated carbocycles. The van der Waals surface area contributed by atoms with Crippen molar-refractivity contribution in [2.45, 2.75) is 19.3 Å². The Labute approximate surface area is 121 Å². The van der Waals surface area contributed by atoms with Gasteiger partial charge in [0.15, 0.2) is 6.29 Å². The molecule has 1 amide bonds. The third-order valence-electron chi connectivity index (χ3n) is 2.65. The molecule has 0 aliphatic heterocycles. The average Bonchev–Trinajstić information content (AvgIpc) is 2.39. The van der Waals surface area contributed by atoms with Gasteiger partial charge >= 0.3 is 0 Å². The number of nitro benzene ring substituents is 1. The van der Waals surface area contributed by atoms with Gasteiger partial charge in [-0.25, -0.2) is 0 Å². The number of ether oxygens (including phenoxy) is 2. The van der Waals surface area contributed by atoms with Crippen molar-refractivity contribution in [1.82, 2.24) is 5.32 Å². The summed E-state index contributed by atoms with van der Waals surface area (Å²) in [6.07, 6.45) is -0.628. The van der Waals surface area contributed by atoms with E-state index in [1.165, 1.54) is 32.4 Å². The molecule has 1 N–H and O–H groups in total. The number of amides is 1. The van der Waals surface area contributed by atoms with Gasteiger partial charge in [-0.05, 0) is 13.0 Å². The zero-order chi connectivity index (χ0) is 15.3. The molecule has 0 aliphatic rings. The molecule has 0 aromatic heterocycles. The van der Waals surface area contributed by atoms with Crippen molar-refractivity contribution in [1.29, 1.82) is 0 Å². The molecule has 0 heterocycles. The second kappa shape index (κ2) is 7.18. The second-order valence-electron chi connectivity index (χ2n) is 4.00. The lowest BCUT2D eigenvalue weighted by molar-refractivity contribution is -0.384. The monoisotopic (exact) mass is 302 g/mol. The Morgan fingerprint density at radius 2 is 2.00 bits per heavy atom. The topological polar surface area (TPSA) is 90.7 Å². The minimum absolute atomic E-state index is 0.0265. The van der Waals surface area contributed by atoms with Gasteiger partial charge in [0, 0.05) is 20.3 Å². The van der Waals surface area contributed by atoms with Crippen LogP contribution in [0.5, 0.6) is 0 Å². The van der Waals surface area contributed by atoms with Crippen molar-refractivity contribution in [3.05, 3.63) is 38.9 Å². The van der Waals surface area contributed by atoms with Gasteiger partial charge in [-0.2, -0.15) is 0 Å². The fraction of sp³-hybridized carbons (Fsp3) is 0.417. The highest BCUT2D eigenvalue weighted by atomic mass is 35.5. The van der Waals surface area contributed by atoms with E-state index in [-0.39, 0.29) is 16.3 Å². The SMILES string of the molecule is COC(OC)C(C)NC(=O)c1cccc([N+](=O)[O-])c1Cl. The zero-order valence-electron chi connectivity index (χ0n) is 11.3. The Morgan fingerprint density at radius 3 is 2.50 bits per heavy atom. The highest BCUT2D eigenvalue weighted by molar-refractivity contribution is 6.35. The lowest BCUT2D eigenvalue weighted by Crippen LogP contribution is -2.43. The van der Waals surface area contributed by atoms with E-state index in [0.717, 1.165) is 0 Å². The van der Waals surface area contributed by atoms with Crippen LogP contribution in [0.1, 0.15) is 17.3 Å². The summed E-state index contributed by atoms with van der Waals surface area (Å²) in [6.45, 7) is 1.68. The van der Waals surface area contributed by atoms with Gasteiger partial charge in [-0.3, -0.25) is 14.9 Å². The number of hydrogen-bond donors (Lipinski definition) is 1. The van der Waals surface area contributed by atoms with Crippen molar-refractivity contribution in [3.63, 3.8) is 0 Å². The molecule has 1 atom stereocenters. The van der Waals surface area contributed by atoms with Crippen LogP contribution in [0.15, 0.2) is 18.2 Å². The van der Waals surface area contributed by atoms with Crippen molar-refractivity contribution in [2.75, 3.05) is 14.2 Å². The molecule has 20 heavy (non-hydrogen) atoms. The fourth-order valence-corrected chi connectivity index (χ4v) is 1.97. The normalized spacial score (nSPS) is 12.2. The molecule has 0 saturated heterocycles. The van der Waals surface area contributed by atoms with Gasteiger partial charge in [0.25, 0.3) is 11.6 Å². The van der Waals surface area contributed by atoms with Gasteiger partial charge in [0.05, 0.1) is 16.5 Å². The molecule has 1 aromatic rings. The molecule has 0 fully saturated rings. The van der Waals surface area contributed by atoms with Crippen LogP contribution in [0.2, 0.25) is 5.02 Å². The van der Waals surface area contributed by atoms with Gasteiger partial charge < -0.3 is 14.8 Å². The Balaban J connectivity index is 2.93. The minimum Gasteiger partial charge on any atom is -0.354 e. The summed E-state index contributed by atoms with van der Waals surface area (Å²) >= 11 is 5.86. The summed E-state index contributed by atoms with van der Waals surface area (Å²) in [5.74, 6) is -0.537. The van der Waals surface area contributed by atoms with Crippen molar-refractivity contribution in [2.24, 2.45) is 0 Å². The first kappa shape index (κ1) is 16.4. The summed E-state index contributed by atoms with van der Waals surface area (Å²) in [5, 5.41) is 13.2. The lowest BCUT2D eigenvalue weighted by atomic mass is 10.1. The first-order chi connectivity index (χ1) is 9.42. The number of benzene rings is 1. The molecule has 0 aliphatic carbocycles. The lowest BCUT2D eigenvalue weighted by Gasteiger charge is -2.22. The summed E-state index contributed by atoms with van der Waals surface area (Å²) in [4.78, 5) is 22.2. The Morgan fingerprint density at radius 1 is 1.40 bits per heavy atom. The molecule has 8 heteroatoms. The van der Waals surface area contributed by atoms with E-state index in [4.69, 9.17) is 21.1 Å². The number of carbonyl (C=O) groups excluding carboxylic acids is 1. The number of nitro groups is 1. The smallest absolute Gasteiger partial charge is 0.288 e. The quantitative estimate of drug-likeness (QED) is 0.493. The first-order valence-electron chi connectivity index (χ1n) is 5.71. The van der Waals surface area contributed by atoms with Crippen LogP contribution in [-0.2, 0) is 9.47 Å². The molecule has 0 bridgehead atoms. The summed E-state index contributed by atoms with van der Waals surface area (Å²) in [7, 11) is 2.88. The maximum absolute atomic E-state index is 12.1. The number of carbonyl (C=O) groups is 1. The number of hydrogen-bond acceptors (Lipinski definition) is 5. The maximum Gasteiger partial charge on any atom is 0.288 e. The summed E-state index contributed by atoms with van der Waals surface area (Å²) in [6, 6.07) is 3.59. The number of nitrogens with one attached hydrogen (secondary N) is 1. The van der Waals surface area contributed by atoms with Crippen LogP contribution in [-0.4, -0.2) is 37.4 Å². The standard InChI is InChI=1S/C12H15ClN2O5/c1-7(12(19-2)20-3)14-11(16)8-5-4-6-9(10(8)13)15(17)18/h4-7,12H,1-3H3,(H,14,16). The molecular weight excluding hydrogens is 288 g/mol. The number of nitrogens with zero attached hydrogens (tertiary/aromatic N) is 1. The van der Waals surface area contributed by atoms with E-state index in [2.05, 4.69) is 5.32 Å². The van der Waals surface area contributed by atoms with Crippen molar-refractivity contribution in [3.8, 4) is 0 Å². The van der Waals surface area contributed by atoms with Crippen LogP contribution in [0.25, 0.3) is 0 Å². The Bertz CT molecular complexity index is 505. The molecule has 1 rings (SSSR count). The van der Waals surface area contributed by atoms with Crippen LogP contribution < -0.4 is 5.32 Å². The molecule has 1 unspecified atom stereocenters. The number of methoxy groups -OCH3 is 2. The highest BCUT2D eigenvalue weighted by Gasteiger charge is 2.23. The number of halogens is 1. The van der Waals surface area contributed by atoms with E-state index in [1.807, 2.05) is 0 Å². The van der Waals surface area contributed by atoms with Crippen LogP contribution in [0.4, 0.5) is 5.69 Å². The highest BCUT2D eigenvalue weighted by Crippen LogP contribution is 2.27. The van der Waals surface area contributed by atoms with E-state index in [9.17, 15) is 14.9 Å². The second-order valence-corrected chi connectivity index (χ2v) is 4.38. The largest absolute Gasteiger partial charge is 0.354 e. The Kier molecular flexibility index (Phi) is 5.87. The summed E-state index contributed by atoms with van der Waals surface area (Å²) in [5.41, 5.74) is -0.291. The van der Waals surface area contributed by atoms with E-state index in [1.54, 1.807) is 6.92 Å². The van der Waals surface area contributed by atoms with Gasteiger partial charge in [-0.1, -0.05) is 17.7 Å². The fourth-order valence-electron chi connectivity index (χ4n) is 1.69. The molecule has 0 radical (unpaired) electrons. The molecule has 0 spiro atoms. The van der Waals surface area contributed by atoms with Crippen LogP contribution >= 0.6 is 11.6 Å². The maximum atomic E-state index is 12.1. The van der Waals surface area contributed by atoms with E-state index < -0.39 is 23.2 Å². The third kappa shape index (κ3) is 3.66. The Hall–Kier alpha value is -1.70. The predicted octanol–water partition coefficient (Wildman–Crippen LogP) is 1.99. The molecule has 110 valence electrons. The molecule has 7 nitrogen and oxygen atoms in total. The third-order valence-corrected chi connectivity index (χ3v) is 3.05. The van der Waals surface area contributed by atoms with E-state index >= 15 is 0 Å². The van der Waals surface area contributed by atoms with Gasteiger partial charge in [0.2, 0.25) is 0 Å². The molecular formula is C12H15ClN2O5. The van der Waals surface area contributed by atoms with Gasteiger partial charge in [-0.15, -0.1) is 0 Å². The first-order valence-corrected chi connectivity index (χ1v) is 6.09. The molecule has 1 aromatic carbocycles. The van der Waals surface area contributed by atoms with Gasteiger partial charge in [0.1, 0.15) is 5.02 Å². The van der Waals surface area contributed by atoms with Crippen molar-refractivity contribution >= 4 is 23.2 Å². The minimum atomic E-state index is -0.643. The number of rotatable bonds is 6.